The average Bonchev–Trinajstić information content (AvgIpc) is 2.12. The van der Waals surface area contributed by atoms with E-state index in [1.54, 1.807) is 7.11 Å². The van der Waals surface area contributed by atoms with Gasteiger partial charge in [-0.3, -0.25) is 4.79 Å². The second-order valence-electron chi connectivity index (χ2n) is 3.84. The van der Waals surface area contributed by atoms with Gasteiger partial charge in [0, 0.05) is 7.11 Å². The van der Waals surface area contributed by atoms with Gasteiger partial charge in [-0.25, -0.2) is 4.98 Å². The van der Waals surface area contributed by atoms with Gasteiger partial charge in [-0.2, -0.15) is 0 Å². The molecule has 0 spiro atoms. The van der Waals surface area contributed by atoms with Crippen molar-refractivity contribution in [2.45, 2.75) is 19.4 Å². The van der Waals surface area contributed by atoms with Crippen molar-refractivity contribution in [3.63, 3.8) is 0 Å². The van der Waals surface area contributed by atoms with Crippen LogP contribution in [0.5, 0.6) is 0 Å². The molecule has 0 aromatic carbocycles. The van der Waals surface area contributed by atoms with E-state index < -0.39 is 0 Å². The van der Waals surface area contributed by atoms with Gasteiger partial charge >= 0.3 is 0 Å². The lowest BCUT2D eigenvalue weighted by molar-refractivity contribution is 0.158. The lowest BCUT2D eigenvalue weighted by atomic mass is 10.1. The normalized spacial score (nSPS) is 11.5. The first-order valence-corrected chi connectivity index (χ1v) is 5.26. The third-order valence-corrected chi connectivity index (χ3v) is 2.49. The Morgan fingerprint density at radius 1 is 1.67 bits per heavy atom. The van der Waals surface area contributed by atoms with Crippen LogP contribution in [-0.2, 0) is 4.74 Å². The van der Waals surface area contributed by atoms with Crippen molar-refractivity contribution in [1.82, 2.24) is 9.97 Å². The van der Waals surface area contributed by atoms with Crippen LogP contribution in [0.4, 0.5) is 5.82 Å². The molecule has 0 saturated carbocycles. The van der Waals surface area contributed by atoms with Gasteiger partial charge in [0.25, 0.3) is 5.56 Å². The molecule has 1 heterocycles. The van der Waals surface area contributed by atoms with Gasteiger partial charge in [0.1, 0.15) is 10.3 Å². The Bertz CT molecular complexity index is 389. The van der Waals surface area contributed by atoms with E-state index in [0.717, 1.165) is 0 Å². The topological polar surface area (TPSA) is 67.0 Å². The Hall–Kier alpha value is -0.880. The number of halogens is 1. The van der Waals surface area contributed by atoms with E-state index in [9.17, 15) is 4.79 Å². The monoisotopic (exact) mass is 275 g/mol. The van der Waals surface area contributed by atoms with Gasteiger partial charge in [-0.15, -0.1) is 0 Å². The molecule has 0 saturated heterocycles. The molecule has 5 nitrogen and oxygen atoms in total. The van der Waals surface area contributed by atoms with Crippen molar-refractivity contribution in [3.8, 4) is 0 Å². The molecular formula is C9H14BrN3O2. The van der Waals surface area contributed by atoms with Crippen molar-refractivity contribution < 1.29 is 4.74 Å². The fraction of sp³-hybridized carbons (Fsp3) is 0.556. The van der Waals surface area contributed by atoms with Crippen LogP contribution in [0.15, 0.2) is 15.6 Å². The Morgan fingerprint density at radius 2 is 2.33 bits per heavy atom. The number of nitrogens with zero attached hydrogens (tertiary/aromatic N) is 1. The van der Waals surface area contributed by atoms with Gasteiger partial charge in [0.15, 0.2) is 0 Å². The molecule has 0 unspecified atom stereocenters. The van der Waals surface area contributed by atoms with E-state index in [1.807, 2.05) is 13.8 Å². The second-order valence-corrected chi connectivity index (χ2v) is 4.63. The Labute approximate surface area is 96.4 Å². The number of methoxy groups -OCH3 is 1. The van der Waals surface area contributed by atoms with E-state index >= 15 is 0 Å². The van der Waals surface area contributed by atoms with Gasteiger partial charge in [-0.05, 0) is 29.8 Å². The molecule has 0 amide bonds. The highest BCUT2D eigenvalue weighted by molar-refractivity contribution is 9.10. The number of hydrogen-bond acceptors (Lipinski definition) is 4. The molecule has 6 heteroatoms. The molecule has 0 aliphatic heterocycles. The van der Waals surface area contributed by atoms with Crippen LogP contribution >= 0.6 is 15.9 Å². The Morgan fingerprint density at radius 3 is 2.93 bits per heavy atom. The van der Waals surface area contributed by atoms with Gasteiger partial charge in [0.05, 0.1) is 18.5 Å². The summed E-state index contributed by atoms with van der Waals surface area (Å²) in [6.07, 6.45) is 1.36. The predicted octanol–water partition coefficient (Wildman–Crippen LogP) is 1.37. The zero-order valence-corrected chi connectivity index (χ0v) is 10.5. The molecule has 0 aliphatic carbocycles. The molecule has 84 valence electrons. The first kappa shape index (κ1) is 12.2. The molecule has 2 N–H and O–H groups in total. The number of nitrogens with one attached hydrogen (secondary N) is 2. The smallest absolute Gasteiger partial charge is 0.267 e. The fourth-order valence-electron chi connectivity index (χ4n) is 1.19. The highest BCUT2D eigenvalue weighted by Crippen LogP contribution is 2.18. The summed E-state index contributed by atoms with van der Waals surface area (Å²) >= 11 is 3.17. The van der Waals surface area contributed by atoms with E-state index in [1.165, 1.54) is 6.33 Å². The number of H-pyrrole nitrogens is 1. The zero-order chi connectivity index (χ0) is 11.5. The molecular weight excluding hydrogens is 262 g/mol. The summed E-state index contributed by atoms with van der Waals surface area (Å²) in [6, 6.07) is 0. The van der Waals surface area contributed by atoms with Crippen molar-refractivity contribution in [3.05, 3.63) is 21.2 Å². The van der Waals surface area contributed by atoms with Crippen LogP contribution < -0.4 is 10.9 Å². The van der Waals surface area contributed by atoms with Gasteiger partial charge < -0.3 is 15.0 Å². The third kappa shape index (κ3) is 3.32. The van der Waals surface area contributed by atoms with Crippen LogP contribution in [0.1, 0.15) is 13.8 Å². The Balaban J connectivity index is 2.90. The molecule has 1 rings (SSSR count). The van der Waals surface area contributed by atoms with E-state index in [0.29, 0.717) is 16.9 Å². The first-order chi connectivity index (χ1) is 6.96. The third-order valence-electron chi connectivity index (χ3n) is 1.76. The lowest BCUT2D eigenvalue weighted by Gasteiger charge is -2.26. The number of anilines is 1. The maximum absolute atomic E-state index is 11.3. The quantitative estimate of drug-likeness (QED) is 0.871. The van der Waals surface area contributed by atoms with E-state index in [-0.39, 0.29) is 11.1 Å². The number of aromatic amines is 1. The summed E-state index contributed by atoms with van der Waals surface area (Å²) in [7, 11) is 1.63. The molecule has 0 fully saturated rings. The highest BCUT2D eigenvalue weighted by atomic mass is 79.9. The van der Waals surface area contributed by atoms with Crippen LogP contribution in [0.3, 0.4) is 0 Å². The average molecular weight is 276 g/mol. The molecule has 1 aromatic rings. The van der Waals surface area contributed by atoms with E-state index in [2.05, 4.69) is 31.2 Å². The minimum absolute atomic E-state index is 0.208. The zero-order valence-electron chi connectivity index (χ0n) is 8.93. The molecule has 15 heavy (non-hydrogen) atoms. The lowest BCUT2D eigenvalue weighted by Crippen LogP contribution is -2.37. The minimum atomic E-state index is -0.280. The number of rotatable bonds is 4. The largest absolute Gasteiger partial charge is 0.382 e. The molecule has 1 aromatic heterocycles. The number of aromatic nitrogens is 2. The van der Waals surface area contributed by atoms with Crippen molar-refractivity contribution in [1.29, 1.82) is 0 Å². The van der Waals surface area contributed by atoms with Crippen molar-refractivity contribution >= 4 is 21.7 Å². The van der Waals surface area contributed by atoms with Gasteiger partial charge in [0.2, 0.25) is 0 Å². The summed E-state index contributed by atoms with van der Waals surface area (Å²) in [5.41, 5.74) is -0.487. The number of ether oxygens (including phenoxy) is 1. The van der Waals surface area contributed by atoms with E-state index in [4.69, 9.17) is 4.74 Å². The van der Waals surface area contributed by atoms with Crippen LogP contribution in [-0.4, -0.2) is 29.2 Å². The molecule has 0 bridgehead atoms. The maximum Gasteiger partial charge on any atom is 0.267 e. The summed E-state index contributed by atoms with van der Waals surface area (Å²) in [5, 5.41) is 3.13. The summed E-state index contributed by atoms with van der Waals surface area (Å²) < 4.78 is 5.45. The number of hydrogen-bond donors (Lipinski definition) is 2. The predicted molar refractivity (Wildman–Crippen MR) is 62.1 cm³/mol. The van der Waals surface area contributed by atoms with Crippen molar-refractivity contribution in [2.75, 3.05) is 19.0 Å². The van der Waals surface area contributed by atoms with Crippen LogP contribution in [0.25, 0.3) is 0 Å². The SMILES string of the molecule is COCC(C)(C)Nc1nc[nH]c(=O)c1Br. The fourth-order valence-corrected chi connectivity index (χ4v) is 1.50. The van der Waals surface area contributed by atoms with Crippen LogP contribution in [0, 0.1) is 0 Å². The Kier molecular flexibility index (Phi) is 3.87. The van der Waals surface area contributed by atoms with Gasteiger partial charge in [-0.1, -0.05) is 0 Å². The minimum Gasteiger partial charge on any atom is -0.382 e. The molecule has 0 radical (unpaired) electrons. The van der Waals surface area contributed by atoms with Crippen molar-refractivity contribution in [2.24, 2.45) is 0 Å². The van der Waals surface area contributed by atoms with Crippen LogP contribution in [0.2, 0.25) is 0 Å². The highest BCUT2D eigenvalue weighted by Gasteiger charge is 2.19. The first-order valence-electron chi connectivity index (χ1n) is 4.46. The molecule has 0 atom stereocenters. The summed E-state index contributed by atoms with van der Waals surface area (Å²) in [4.78, 5) is 17.8. The maximum atomic E-state index is 11.3. The standard InChI is InChI=1S/C9H14BrN3O2/c1-9(2,4-15-3)13-7-6(10)8(14)12-5-11-7/h5H,4H2,1-3H3,(H2,11,12,13,14). The summed E-state index contributed by atoms with van der Waals surface area (Å²) in [6.45, 7) is 4.45. The molecule has 0 aliphatic rings. The summed E-state index contributed by atoms with van der Waals surface area (Å²) in [5.74, 6) is 0.515. The second kappa shape index (κ2) is 4.76.